The molecule has 1 aliphatic heterocycles. The molecular formula is C15H21ClN2O3. The summed E-state index contributed by atoms with van der Waals surface area (Å²) >= 11 is 5.81. The SMILES string of the molecule is NC(=O)C(O)C1CCN(CCOc2ccc(Cl)cc2)CC1. The van der Waals surface area contributed by atoms with E-state index in [0.29, 0.717) is 11.6 Å². The number of piperidine rings is 1. The molecule has 0 saturated carbocycles. The highest BCUT2D eigenvalue weighted by Crippen LogP contribution is 2.21. The van der Waals surface area contributed by atoms with Gasteiger partial charge in [-0.15, -0.1) is 0 Å². The molecular weight excluding hydrogens is 292 g/mol. The summed E-state index contributed by atoms with van der Waals surface area (Å²) in [6.07, 6.45) is 0.549. The van der Waals surface area contributed by atoms with Crippen LogP contribution in [-0.4, -0.2) is 48.3 Å². The number of nitrogens with zero attached hydrogens (tertiary/aromatic N) is 1. The molecule has 5 nitrogen and oxygen atoms in total. The van der Waals surface area contributed by atoms with Crippen molar-refractivity contribution in [3.63, 3.8) is 0 Å². The molecule has 2 rings (SSSR count). The number of nitrogens with two attached hydrogens (primary N) is 1. The Labute approximate surface area is 129 Å². The van der Waals surface area contributed by atoms with Crippen LogP contribution in [-0.2, 0) is 4.79 Å². The third-order valence-electron chi connectivity index (χ3n) is 3.86. The molecule has 1 atom stereocenters. The van der Waals surface area contributed by atoms with Gasteiger partial charge in [0.2, 0.25) is 5.91 Å². The van der Waals surface area contributed by atoms with Gasteiger partial charge in [0.05, 0.1) is 0 Å². The first-order valence-electron chi connectivity index (χ1n) is 7.14. The second-order valence-electron chi connectivity index (χ2n) is 5.33. The Kier molecular flexibility index (Phi) is 5.85. The van der Waals surface area contributed by atoms with E-state index in [9.17, 15) is 9.90 Å². The summed E-state index contributed by atoms with van der Waals surface area (Å²) in [4.78, 5) is 13.2. The number of rotatable bonds is 6. The lowest BCUT2D eigenvalue weighted by molar-refractivity contribution is -0.129. The summed E-state index contributed by atoms with van der Waals surface area (Å²) in [7, 11) is 0. The van der Waals surface area contributed by atoms with E-state index in [1.165, 1.54) is 0 Å². The Hall–Kier alpha value is -1.30. The van der Waals surface area contributed by atoms with Crippen LogP contribution in [0.4, 0.5) is 0 Å². The lowest BCUT2D eigenvalue weighted by Crippen LogP contribution is -2.43. The van der Waals surface area contributed by atoms with Gasteiger partial charge in [-0.25, -0.2) is 0 Å². The van der Waals surface area contributed by atoms with Gasteiger partial charge in [0.1, 0.15) is 18.5 Å². The molecule has 1 heterocycles. The van der Waals surface area contributed by atoms with Gasteiger partial charge >= 0.3 is 0 Å². The smallest absolute Gasteiger partial charge is 0.246 e. The molecule has 1 amide bonds. The average Bonchev–Trinajstić information content (AvgIpc) is 2.49. The molecule has 116 valence electrons. The molecule has 1 fully saturated rings. The Morgan fingerprint density at radius 1 is 1.38 bits per heavy atom. The molecule has 1 aromatic rings. The number of likely N-dealkylation sites (tertiary alicyclic amines) is 1. The van der Waals surface area contributed by atoms with Crippen LogP contribution in [0, 0.1) is 5.92 Å². The van der Waals surface area contributed by atoms with Crippen LogP contribution in [0.25, 0.3) is 0 Å². The molecule has 1 saturated heterocycles. The van der Waals surface area contributed by atoms with Crippen molar-refractivity contribution in [3.8, 4) is 5.75 Å². The molecule has 0 radical (unpaired) electrons. The predicted octanol–water partition coefficient (Wildman–Crippen LogP) is 1.28. The van der Waals surface area contributed by atoms with Gasteiger partial charge in [-0.05, 0) is 56.1 Å². The van der Waals surface area contributed by atoms with E-state index in [1.807, 2.05) is 12.1 Å². The van der Waals surface area contributed by atoms with E-state index in [4.69, 9.17) is 22.1 Å². The van der Waals surface area contributed by atoms with E-state index in [0.717, 1.165) is 38.2 Å². The van der Waals surface area contributed by atoms with Crippen LogP contribution >= 0.6 is 11.6 Å². The van der Waals surface area contributed by atoms with Gasteiger partial charge in [-0.1, -0.05) is 11.6 Å². The molecule has 0 spiro atoms. The molecule has 1 unspecified atom stereocenters. The Bertz CT molecular complexity index is 458. The van der Waals surface area contributed by atoms with Crippen molar-refractivity contribution in [1.82, 2.24) is 4.90 Å². The van der Waals surface area contributed by atoms with Crippen molar-refractivity contribution in [1.29, 1.82) is 0 Å². The number of ether oxygens (including phenoxy) is 1. The summed E-state index contributed by atoms with van der Waals surface area (Å²) < 4.78 is 5.65. The van der Waals surface area contributed by atoms with E-state index < -0.39 is 12.0 Å². The van der Waals surface area contributed by atoms with Crippen LogP contribution in [0.1, 0.15) is 12.8 Å². The number of aliphatic hydroxyl groups excluding tert-OH is 1. The van der Waals surface area contributed by atoms with Gasteiger partial charge in [0.25, 0.3) is 0 Å². The molecule has 3 N–H and O–H groups in total. The van der Waals surface area contributed by atoms with Gasteiger partial charge in [-0.3, -0.25) is 9.69 Å². The van der Waals surface area contributed by atoms with Gasteiger partial charge in [0, 0.05) is 11.6 Å². The van der Waals surface area contributed by atoms with E-state index in [2.05, 4.69) is 4.90 Å². The molecule has 0 aromatic heterocycles. The summed E-state index contributed by atoms with van der Waals surface area (Å²) in [5.74, 6) is 0.161. The van der Waals surface area contributed by atoms with Crippen LogP contribution in [0.5, 0.6) is 5.75 Å². The minimum absolute atomic E-state index is 0.0177. The number of amides is 1. The van der Waals surface area contributed by atoms with E-state index >= 15 is 0 Å². The Morgan fingerprint density at radius 2 is 2.00 bits per heavy atom. The lowest BCUT2D eigenvalue weighted by atomic mass is 9.91. The highest BCUT2D eigenvalue weighted by atomic mass is 35.5. The van der Waals surface area contributed by atoms with E-state index in [1.54, 1.807) is 12.1 Å². The fourth-order valence-electron chi connectivity index (χ4n) is 2.55. The second-order valence-corrected chi connectivity index (χ2v) is 5.77. The standard InChI is InChI=1S/C15H21ClN2O3/c16-12-1-3-13(4-2-12)21-10-9-18-7-5-11(6-8-18)14(19)15(17)20/h1-4,11,14,19H,5-10H2,(H2,17,20). The maximum absolute atomic E-state index is 11.0. The molecule has 0 aliphatic carbocycles. The van der Waals surface area contributed by atoms with E-state index in [-0.39, 0.29) is 5.92 Å². The minimum atomic E-state index is -1.02. The number of carbonyl (C=O) groups is 1. The van der Waals surface area contributed by atoms with Crippen LogP contribution < -0.4 is 10.5 Å². The minimum Gasteiger partial charge on any atom is -0.492 e. The Morgan fingerprint density at radius 3 is 2.57 bits per heavy atom. The zero-order valence-corrected chi connectivity index (χ0v) is 12.6. The number of hydrogen-bond donors (Lipinski definition) is 2. The highest BCUT2D eigenvalue weighted by molar-refractivity contribution is 6.30. The number of aliphatic hydroxyl groups is 1. The monoisotopic (exact) mass is 312 g/mol. The quantitative estimate of drug-likeness (QED) is 0.829. The number of primary amides is 1. The van der Waals surface area contributed by atoms with Gasteiger partial charge in [-0.2, -0.15) is 0 Å². The third kappa shape index (κ3) is 4.88. The normalized spacial score (nSPS) is 18.4. The van der Waals surface area contributed by atoms with Crippen molar-refractivity contribution in [2.75, 3.05) is 26.2 Å². The third-order valence-corrected chi connectivity index (χ3v) is 4.11. The van der Waals surface area contributed by atoms with Gasteiger partial charge in [0.15, 0.2) is 0 Å². The highest BCUT2D eigenvalue weighted by Gasteiger charge is 2.28. The summed E-state index contributed by atoms with van der Waals surface area (Å²) in [6, 6.07) is 7.29. The zero-order valence-electron chi connectivity index (χ0n) is 11.9. The van der Waals surface area contributed by atoms with Crippen molar-refractivity contribution < 1.29 is 14.6 Å². The molecule has 6 heteroatoms. The maximum atomic E-state index is 11.0. The van der Waals surface area contributed by atoms with Crippen LogP contribution in [0.3, 0.4) is 0 Å². The van der Waals surface area contributed by atoms with Crippen molar-refractivity contribution in [2.45, 2.75) is 18.9 Å². The molecule has 1 aromatic carbocycles. The maximum Gasteiger partial charge on any atom is 0.246 e. The van der Waals surface area contributed by atoms with Crippen molar-refractivity contribution in [3.05, 3.63) is 29.3 Å². The number of halogens is 1. The molecule has 1 aliphatic rings. The number of hydrogen-bond acceptors (Lipinski definition) is 4. The fraction of sp³-hybridized carbons (Fsp3) is 0.533. The summed E-state index contributed by atoms with van der Waals surface area (Å²) in [5.41, 5.74) is 5.12. The largest absolute Gasteiger partial charge is 0.492 e. The number of benzene rings is 1. The average molecular weight is 313 g/mol. The van der Waals surface area contributed by atoms with Crippen molar-refractivity contribution in [2.24, 2.45) is 11.7 Å². The summed E-state index contributed by atoms with van der Waals surface area (Å²) in [6.45, 7) is 3.12. The first-order valence-corrected chi connectivity index (χ1v) is 7.52. The molecule has 0 bridgehead atoms. The lowest BCUT2D eigenvalue weighted by Gasteiger charge is -2.33. The first kappa shape index (κ1) is 16.1. The Balaban J connectivity index is 1.67. The molecule has 21 heavy (non-hydrogen) atoms. The topological polar surface area (TPSA) is 75.8 Å². The van der Waals surface area contributed by atoms with Crippen LogP contribution in [0.2, 0.25) is 5.02 Å². The summed E-state index contributed by atoms with van der Waals surface area (Å²) in [5, 5.41) is 10.3. The van der Waals surface area contributed by atoms with Gasteiger partial charge < -0.3 is 15.6 Å². The first-order chi connectivity index (χ1) is 10.1. The predicted molar refractivity (Wildman–Crippen MR) is 81.3 cm³/mol. The fourth-order valence-corrected chi connectivity index (χ4v) is 2.67. The van der Waals surface area contributed by atoms with Crippen molar-refractivity contribution >= 4 is 17.5 Å². The van der Waals surface area contributed by atoms with Crippen LogP contribution in [0.15, 0.2) is 24.3 Å². The zero-order chi connectivity index (χ0) is 15.2. The second kappa shape index (κ2) is 7.64. The number of carbonyl (C=O) groups excluding carboxylic acids is 1.